The largest absolute Gasteiger partial charge is 0.355 e. The molecular weight excluding hydrogens is 284 g/mol. The van der Waals surface area contributed by atoms with Crippen LogP contribution in [0.25, 0.3) is 10.6 Å². The minimum absolute atomic E-state index is 0.281. The molecule has 0 aliphatic heterocycles. The van der Waals surface area contributed by atoms with Gasteiger partial charge >= 0.3 is 0 Å². The molecule has 6 heteroatoms. The lowest BCUT2D eigenvalue weighted by atomic mass is 10.1. The van der Waals surface area contributed by atoms with E-state index in [1.807, 2.05) is 40.5 Å². The van der Waals surface area contributed by atoms with Gasteiger partial charge in [-0.25, -0.2) is 0 Å². The van der Waals surface area contributed by atoms with Gasteiger partial charge in [-0.05, 0) is 31.4 Å². The molecule has 0 amide bonds. The second-order valence-electron chi connectivity index (χ2n) is 5.06. The van der Waals surface area contributed by atoms with Crippen LogP contribution in [0, 0.1) is 0 Å². The van der Waals surface area contributed by atoms with Gasteiger partial charge in [-0.2, -0.15) is 5.10 Å². The molecular formula is C15H18N4OS. The molecule has 0 saturated carbocycles. The maximum Gasteiger partial charge on any atom is 0.177 e. The molecule has 0 aliphatic carbocycles. The number of nitrogens with one attached hydrogen (secondary N) is 1. The molecule has 3 aromatic rings. The highest BCUT2D eigenvalue weighted by atomic mass is 32.1. The van der Waals surface area contributed by atoms with Crippen LogP contribution in [-0.2, 0) is 6.54 Å². The highest BCUT2D eigenvalue weighted by Crippen LogP contribution is 2.25. The first-order valence-electron chi connectivity index (χ1n) is 6.96. The van der Waals surface area contributed by atoms with Crippen molar-refractivity contribution in [3.05, 3.63) is 47.7 Å². The fourth-order valence-electron chi connectivity index (χ4n) is 2.12. The molecule has 3 heterocycles. The summed E-state index contributed by atoms with van der Waals surface area (Å²) < 4.78 is 7.33. The molecule has 1 N–H and O–H groups in total. The van der Waals surface area contributed by atoms with Crippen molar-refractivity contribution in [3.8, 4) is 10.6 Å². The number of thiophene rings is 1. The lowest BCUT2D eigenvalue weighted by Crippen LogP contribution is -2.33. The molecule has 0 spiro atoms. The molecule has 3 rings (SSSR count). The van der Waals surface area contributed by atoms with Crippen molar-refractivity contribution in [3.63, 3.8) is 0 Å². The van der Waals surface area contributed by atoms with E-state index in [1.54, 1.807) is 17.5 Å². The molecule has 0 bridgehead atoms. The quantitative estimate of drug-likeness (QED) is 0.759. The summed E-state index contributed by atoms with van der Waals surface area (Å²) in [5.74, 6) is 0.828. The Bertz CT molecular complexity index is 660. The van der Waals surface area contributed by atoms with E-state index in [0.717, 1.165) is 16.3 Å². The van der Waals surface area contributed by atoms with E-state index in [4.69, 9.17) is 4.52 Å². The van der Waals surface area contributed by atoms with Gasteiger partial charge in [0.05, 0.1) is 16.6 Å². The zero-order chi connectivity index (χ0) is 14.7. The van der Waals surface area contributed by atoms with E-state index < -0.39 is 0 Å². The Morgan fingerprint density at radius 3 is 3.00 bits per heavy atom. The van der Waals surface area contributed by atoms with Gasteiger partial charge in [-0.1, -0.05) is 11.2 Å². The second-order valence-corrected chi connectivity index (χ2v) is 6.00. The van der Waals surface area contributed by atoms with Gasteiger partial charge < -0.3 is 9.84 Å². The summed E-state index contributed by atoms with van der Waals surface area (Å²) in [7, 11) is 0. The Morgan fingerprint density at radius 1 is 1.38 bits per heavy atom. The normalized spacial score (nSPS) is 14.2. The minimum Gasteiger partial charge on any atom is -0.355 e. The number of hydrogen-bond donors (Lipinski definition) is 1. The van der Waals surface area contributed by atoms with Crippen LogP contribution in [-0.4, -0.2) is 21.0 Å². The highest BCUT2D eigenvalue weighted by molar-refractivity contribution is 7.13. The van der Waals surface area contributed by atoms with E-state index >= 15 is 0 Å². The van der Waals surface area contributed by atoms with Crippen LogP contribution in [0.3, 0.4) is 0 Å². The van der Waals surface area contributed by atoms with Gasteiger partial charge in [0.1, 0.15) is 0 Å². The van der Waals surface area contributed by atoms with Crippen LogP contribution < -0.4 is 5.32 Å². The molecule has 0 radical (unpaired) electrons. The molecule has 0 fully saturated rings. The molecule has 0 unspecified atom stereocenters. The van der Waals surface area contributed by atoms with Crippen LogP contribution >= 0.6 is 11.3 Å². The number of hydrogen-bond acceptors (Lipinski definition) is 5. The van der Waals surface area contributed by atoms with E-state index in [9.17, 15) is 0 Å². The molecule has 2 atom stereocenters. The zero-order valence-corrected chi connectivity index (χ0v) is 12.9. The predicted molar refractivity (Wildman–Crippen MR) is 83.1 cm³/mol. The second kappa shape index (κ2) is 6.24. The van der Waals surface area contributed by atoms with E-state index in [-0.39, 0.29) is 12.1 Å². The van der Waals surface area contributed by atoms with E-state index in [0.29, 0.717) is 6.54 Å². The Balaban J connectivity index is 1.58. The molecule has 21 heavy (non-hydrogen) atoms. The SMILES string of the molecule is C[C@H](NCc1cc(-c2cccs2)on1)[C@H](C)n1cccn1. The summed E-state index contributed by atoms with van der Waals surface area (Å²) >= 11 is 1.65. The highest BCUT2D eigenvalue weighted by Gasteiger charge is 2.15. The van der Waals surface area contributed by atoms with E-state index in [2.05, 4.69) is 29.4 Å². The first kappa shape index (κ1) is 14.0. The molecule has 110 valence electrons. The summed E-state index contributed by atoms with van der Waals surface area (Å²) in [6.07, 6.45) is 3.78. The van der Waals surface area contributed by atoms with Gasteiger partial charge in [0.15, 0.2) is 5.76 Å². The lowest BCUT2D eigenvalue weighted by molar-refractivity contribution is 0.357. The van der Waals surface area contributed by atoms with Gasteiger partial charge in [-0.3, -0.25) is 4.68 Å². The smallest absolute Gasteiger partial charge is 0.177 e. The van der Waals surface area contributed by atoms with Gasteiger partial charge in [0.25, 0.3) is 0 Å². The average Bonchev–Trinajstić information content (AvgIpc) is 3.25. The van der Waals surface area contributed by atoms with E-state index in [1.165, 1.54) is 0 Å². The van der Waals surface area contributed by atoms with Crippen molar-refractivity contribution in [2.75, 3.05) is 0 Å². The summed E-state index contributed by atoms with van der Waals surface area (Å²) in [5.41, 5.74) is 0.915. The topological polar surface area (TPSA) is 55.9 Å². The molecule has 3 aromatic heterocycles. The maximum absolute atomic E-state index is 5.38. The lowest BCUT2D eigenvalue weighted by Gasteiger charge is -2.21. The fourth-order valence-corrected chi connectivity index (χ4v) is 2.79. The van der Waals surface area contributed by atoms with Crippen LogP contribution in [0.4, 0.5) is 0 Å². The maximum atomic E-state index is 5.38. The van der Waals surface area contributed by atoms with Gasteiger partial charge in [0.2, 0.25) is 0 Å². The van der Waals surface area contributed by atoms with Crippen molar-refractivity contribution in [2.45, 2.75) is 32.5 Å². The Kier molecular flexibility index (Phi) is 4.17. The van der Waals surface area contributed by atoms with Crippen LogP contribution in [0.15, 0.2) is 46.6 Å². The van der Waals surface area contributed by atoms with Crippen molar-refractivity contribution < 1.29 is 4.52 Å². The fraction of sp³-hybridized carbons (Fsp3) is 0.333. The Hall–Kier alpha value is -1.92. The zero-order valence-electron chi connectivity index (χ0n) is 12.1. The van der Waals surface area contributed by atoms with Crippen LogP contribution in [0.5, 0.6) is 0 Å². The van der Waals surface area contributed by atoms with Crippen LogP contribution in [0.1, 0.15) is 25.6 Å². The monoisotopic (exact) mass is 302 g/mol. The number of rotatable bonds is 6. The third-order valence-corrected chi connectivity index (χ3v) is 4.48. The summed E-state index contributed by atoms with van der Waals surface area (Å²) in [4.78, 5) is 1.10. The summed E-state index contributed by atoms with van der Waals surface area (Å²) in [5, 5.41) is 13.9. The third kappa shape index (κ3) is 3.22. The molecule has 0 saturated heterocycles. The van der Waals surface area contributed by atoms with Gasteiger partial charge in [-0.15, -0.1) is 11.3 Å². The first-order chi connectivity index (χ1) is 10.2. The minimum atomic E-state index is 0.281. The molecule has 5 nitrogen and oxygen atoms in total. The summed E-state index contributed by atoms with van der Waals surface area (Å²) in [6.45, 7) is 4.97. The third-order valence-electron chi connectivity index (χ3n) is 3.59. The van der Waals surface area contributed by atoms with Crippen LogP contribution in [0.2, 0.25) is 0 Å². The van der Waals surface area contributed by atoms with Crippen molar-refractivity contribution in [1.82, 2.24) is 20.3 Å². The van der Waals surface area contributed by atoms with Crippen molar-refractivity contribution >= 4 is 11.3 Å². The Morgan fingerprint density at radius 2 is 2.29 bits per heavy atom. The van der Waals surface area contributed by atoms with Crippen molar-refractivity contribution in [2.24, 2.45) is 0 Å². The Labute approximate surface area is 127 Å². The number of aromatic nitrogens is 3. The first-order valence-corrected chi connectivity index (χ1v) is 7.84. The predicted octanol–water partition coefficient (Wildman–Crippen LogP) is 3.34. The molecule has 0 aliphatic rings. The average molecular weight is 302 g/mol. The van der Waals surface area contributed by atoms with Crippen molar-refractivity contribution in [1.29, 1.82) is 0 Å². The number of nitrogens with zero attached hydrogens (tertiary/aromatic N) is 3. The standard InChI is InChI=1S/C15H18N4OS/c1-11(12(2)19-7-4-6-17-19)16-10-13-9-14(20-18-13)15-5-3-8-21-15/h3-9,11-12,16H,10H2,1-2H3/t11-,12-/m0/s1. The molecule has 0 aromatic carbocycles. The summed E-state index contributed by atoms with van der Waals surface area (Å²) in [6, 6.07) is 8.53. The van der Waals surface area contributed by atoms with Gasteiger partial charge in [0, 0.05) is 31.0 Å².